The molecule has 1 aromatic heterocycles. The van der Waals surface area contributed by atoms with Gasteiger partial charge in [-0.15, -0.1) is 0 Å². The molecule has 1 fully saturated rings. The first-order valence-electron chi connectivity index (χ1n) is 9.44. The van der Waals surface area contributed by atoms with Gasteiger partial charge in [0.25, 0.3) is 0 Å². The molecule has 2 aromatic carbocycles. The van der Waals surface area contributed by atoms with Crippen LogP contribution in [-0.2, 0) is 11.2 Å². The summed E-state index contributed by atoms with van der Waals surface area (Å²) in [7, 11) is 0. The molecule has 5 nitrogen and oxygen atoms in total. The molecule has 0 saturated carbocycles. The van der Waals surface area contributed by atoms with Crippen molar-refractivity contribution < 1.29 is 9.32 Å². The molecule has 1 unspecified atom stereocenters. The standard InChI is InChI=1S/C22H23N3O2/c1-2-19(17-11-7-4-8-12-17)22(26)25-14-18(15-25)21-23-20(24-27-21)13-16-9-5-3-6-10-16/h3-12,18-19H,2,13-15H2,1H3. The van der Waals surface area contributed by atoms with Crippen molar-refractivity contribution in [2.24, 2.45) is 0 Å². The molecule has 0 radical (unpaired) electrons. The van der Waals surface area contributed by atoms with Crippen molar-refractivity contribution in [3.05, 3.63) is 83.5 Å². The maximum absolute atomic E-state index is 12.8. The van der Waals surface area contributed by atoms with Gasteiger partial charge in [-0.1, -0.05) is 72.7 Å². The van der Waals surface area contributed by atoms with E-state index in [4.69, 9.17) is 4.52 Å². The number of benzene rings is 2. The highest BCUT2D eigenvalue weighted by Gasteiger charge is 2.38. The van der Waals surface area contributed by atoms with Gasteiger partial charge in [-0.2, -0.15) is 4.98 Å². The van der Waals surface area contributed by atoms with Gasteiger partial charge in [-0.3, -0.25) is 4.79 Å². The summed E-state index contributed by atoms with van der Waals surface area (Å²) in [5.74, 6) is 1.57. The molecule has 1 aliphatic rings. The lowest BCUT2D eigenvalue weighted by molar-refractivity contribution is -0.137. The number of aromatic nitrogens is 2. The Labute approximate surface area is 159 Å². The molecule has 0 N–H and O–H groups in total. The molecular formula is C22H23N3O2. The minimum Gasteiger partial charge on any atom is -0.340 e. The number of amides is 1. The average Bonchev–Trinajstić information content (AvgIpc) is 3.11. The molecule has 27 heavy (non-hydrogen) atoms. The number of carbonyl (C=O) groups excluding carboxylic acids is 1. The SMILES string of the molecule is CCC(C(=O)N1CC(c2nc(Cc3ccccc3)no2)C1)c1ccccc1. The normalized spacial score (nSPS) is 15.4. The van der Waals surface area contributed by atoms with Crippen LogP contribution in [0.3, 0.4) is 0 Å². The Bertz CT molecular complexity index is 886. The summed E-state index contributed by atoms with van der Waals surface area (Å²) in [5.41, 5.74) is 2.24. The van der Waals surface area contributed by atoms with E-state index >= 15 is 0 Å². The van der Waals surface area contributed by atoms with Crippen LogP contribution in [0.25, 0.3) is 0 Å². The van der Waals surface area contributed by atoms with Gasteiger partial charge in [0.05, 0.1) is 11.8 Å². The number of likely N-dealkylation sites (tertiary alicyclic amines) is 1. The number of nitrogens with zero attached hydrogens (tertiary/aromatic N) is 3. The fourth-order valence-electron chi connectivity index (χ4n) is 3.56. The predicted molar refractivity (Wildman–Crippen MR) is 102 cm³/mol. The average molecular weight is 361 g/mol. The molecule has 0 aliphatic carbocycles. The second kappa shape index (κ2) is 7.74. The molecule has 1 atom stereocenters. The van der Waals surface area contributed by atoms with Crippen molar-refractivity contribution in [1.29, 1.82) is 0 Å². The van der Waals surface area contributed by atoms with Crippen LogP contribution in [0.1, 0.15) is 48.0 Å². The van der Waals surface area contributed by atoms with Gasteiger partial charge in [0.15, 0.2) is 5.82 Å². The van der Waals surface area contributed by atoms with Gasteiger partial charge in [-0.05, 0) is 17.5 Å². The minimum atomic E-state index is -0.0801. The molecule has 5 heteroatoms. The lowest BCUT2D eigenvalue weighted by Crippen LogP contribution is -2.50. The predicted octanol–water partition coefficient (Wildman–Crippen LogP) is 3.78. The summed E-state index contributed by atoms with van der Waals surface area (Å²) in [4.78, 5) is 19.3. The van der Waals surface area contributed by atoms with Crippen molar-refractivity contribution >= 4 is 5.91 Å². The number of rotatable bonds is 6. The highest BCUT2D eigenvalue weighted by Crippen LogP contribution is 2.31. The van der Waals surface area contributed by atoms with Gasteiger partial charge in [-0.25, -0.2) is 0 Å². The summed E-state index contributed by atoms with van der Waals surface area (Å²) in [6.07, 6.45) is 1.46. The summed E-state index contributed by atoms with van der Waals surface area (Å²) in [6, 6.07) is 20.1. The summed E-state index contributed by atoms with van der Waals surface area (Å²) in [5, 5.41) is 4.09. The monoisotopic (exact) mass is 361 g/mol. The van der Waals surface area contributed by atoms with Crippen molar-refractivity contribution in [2.75, 3.05) is 13.1 Å². The van der Waals surface area contributed by atoms with Crippen LogP contribution in [0.15, 0.2) is 65.2 Å². The quantitative estimate of drug-likeness (QED) is 0.670. The van der Waals surface area contributed by atoms with E-state index in [1.807, 2.05) is 65.6 Å². The molecule has 1 amide bonds. The maximum atomic E-state index is 12.8. The first-order chi connectivity index (χ1) is 13.2. The Morgan fingerprint density at radius 1 is 1.11 bits per heavy atom. The fourth-order valence-corrected chi connectivity index (χ4v) is 3.56. The molecule has 0 spiro atoms. The zero-order valence-electron chi connectivity index (χ0n) is 15.4. The summed E-state index contributed by atoms with van der Waals surface area (Å²) < 4.78 is 5.44. The van der Waals surface area contributed by atoms with Crippen molar-refractivity contribution in [3.63, 3.8) is 0 Å². The Morgan fingerprint density at radius 2 is 1.78 bits per heavy atom. The Kier molecular flexibility index (Phi) is 5.01. The largest absolute Gasteiger partial charge is 0.340 e. The van der Waals surface area contributed by atoms with Crippen molar-refractivity contribution in [1.82, 2.24) is 15.0 Å². The molecule has 138 valence electrons. The van der Waals surface area contributed by atoms with Crippen LogP contribution in [0, 0.1) is 0 Å². The van der Waals surface area contributed by atoms with Crippen LogP contribution in [-0.4, -0.2) is 34.0 Å². The van der Waals surface area contributed by atoms with Crippen LogP contribution in [0.2, 0.25) is 0 Å². The molecule has 1 saturated heterocycles. The molecule has 4 rings (SSSR count). The zero-order chi connectivity index (χ0) is 18.6. The first kappa shape index (κ1) is 17.5. The van der Waals surface area contributed by atoms with Gasteiger partial charge < -0.3 is 9.42 Å². The smallest absolute Gasteiger partial charge is 0.233 e. The van der Waals surface area contributed by atoms with Gasteiger partial charge in [0.1, 0.15) is 0 Å². The molecular weight excluding hydrogens is 338 g/mol. The Morgan fingerprint density at radius 3 is 2.44 bits per heavy atom. The van der Waals surface area contributed by atoms with Gasteiger partial charge in [0.2, 0.25) is 11.8 Å². The van der Waals surface area contributed by atoms with Gasteiger partial charge in [0, 0.05) is 19.5 Å². The van der Waals surface area contributed by atoms with E-state index < -0.39 is 0 Å². The van der Waals surface area contributed by atoms with Crippen LogP contribution in [0.5, 0.6) is 0 Å². The third-order valence-corrected chi connectivity index (χ3v) is 5.14. The number of carbonyl (C=O) groups is 1. The Balaban J connectivity index is 1.36. The third-order valence-electron chi connectivity index (χ3n) is 5.14. The molecule has 2 heterocycles. The minimum absolute atomic E-state index is 0.0801. The molecule has 0 bridgehead atoms. The third kappa shape index (κ3) is 3.77. The van der Waals surface area contributed by atoms with Crippen molar-refractivity contribution in [3.8, 4) is 0 Å². The number of hydrogen-bond acceptors (Lipinski definition) is 4. The van der Waals surface area contributed by atoms with E-state index in [0.717, 1.165) is 17.5 Å². The van der Waals surface area contributed by atoms with Crippen molar-refractivity contribution in [2.45, 2.75) is 31.6 Å². The first-order valence-corrected chi connectivity index (χ1v) is 9.44. The number of hydrogen-bond donors (Lipinski definition) is 0. The van der Waals surface area contributed by atoms with E-state index in [9.17, 15) is 4.79 Å². The highest BCUT2D eigenvalue weighted by atomic mass is 16.5. The molecule has 3 aromatic rings. The van der Waals surface area contributed by atoms with Crippen LogP contribution >= 0.6 is 0 Å². The lowest BCUT2D eigenvalue weighted by atomic mass is 9.91. The topological polar surface area (TPSA) is 59.2 Å². The highest BCUT2D eigenvalue weighted by molar-refractivity contribution is 5.84. The second-order valence-electron chi connectivity index (χ2n) is 7.02. The lowest BCUT2D eigenvalue weighted by Gasteiger charge is -2.39. The zero-order valence-corrected chi connectivity index (χ0v) is 15.4. The van der Waals surface area contributed by atoms with Crippen LogP contribution < -0.4 is 0 Å². The second-order valence-corrected chi connectivity index (χ2v) is 7.02. The van der Waals surface area contributed by atoms with E-state index in [1.165, 1.54) is 0 Å². The van der Waals surface area contributed by atoms with E-state index in [-0.39, 0.29) is 17.7 Å². The van der Waals surface area contributed by atoms with E-state index in [1.54, 1.807) is 0 Å². The molecule has 1 aliphatic heterocycles. The summed E-state index contributed by atoms with van der Waals surface area (Å²) >= 11 is 0. The van der Waals surface area contributed by atoms with Crippen LogP contribution in [0.4, 0.5) is 0 Å². The van der Waals surface area contributed by atoms with E-state index in [0.29, 0.717) is 31.2 Å². The summed E-state index contributed by atoms with van der Waals surface area (Å²) in [6.45, 7) is 3.35. The Hall–Kier alpha value is -2.95. The fraction of sp³-hybridized carbons (Fsp3) is 0.318. The van der Waals surface area contributed by atoms with Gasteiger partial charge >= 0.3 is 0 Å². The van der Waals surface area contributed by atoms with E-state index in [2.05, 4.69) is 17.1 Å². The maximum Gasteiger partial charge on any atom is 0.233 e.